The molecule has 26 heavy (non-hydrogen) atoms. The predicted molar refractivity (Wildman–Crippen MR) is 106 cm³/mol. The molecule has 0 spiro atoms. The van der Waals surface area contributed by atoms with Crippen LogP contribution in [-0.2, 0) is 10.0 Å². The number of aromatic nitrogens is 1. The molecule has 0 aliphatic carbocycles. The Labute approximate surface area is 154 Å². The minimum atomic E-state index is -3.41. The second-order valence-corrected chi connectivity index (χ2v) is 8.36. The van der Waals surface area contributed by atoms with Crippen LogP contribution in [0.2, 0.25) is 0 Å². The number of rotatable bonds is 6. The Balaban J connectivity index is 2.02. The first-order valence-corrected chi connectivity index (χ1v) is 10.1. The van der Waals surface area contributed by atoms with Gasteiger partial charge < -0.3 is 4.74 Å². The summed E-state index contributed by atoms with van der Waals surface area (Å²) in [7, 11) is -1.77. The first-order valence-electron chi connectivity index (χ1n) is 8.41. The van der Waals surface area contributed by atoms with E-state index in [-0.39, 0.29) is 11.7 Å². The van der Waals surface area contributed by atoms with Gasteiger partial charge in [-0.2, -0.15) is 0 Å². The average Bonchev–Trinajstić information content (AvgIpc) is 2.60. The smallest absolute Gasteiger partial charge is 0.232 e. The largest absolute Gasteiger partial charge is 0.497 e. The number of sulfonamides is 1. The molecule has 1 aromatic heterocycles. The molecule has 1 heterocycles. The van der Waals surface area contributed by atoms with Crippen molar-refractivity contribution in [2.75, 3.05) is 17.6 Å². The third-order valence-electron chi connectivity index (χ3n) is 3.98. The van der Waals surface area contributed by atoms with E-state index < -0.39 is 10.0 Å². The van der Waals surface area contributed by atoms with E-state index in [4.69, 9.17) is 4.74 Å². The van der Waals surface area contributed by atoms with Gasteiger partial charge in [0.15, 0.2) is 0 Å². The summed E-state index contributed by atoms with van der Waals surface area (Å²) in [4.78, 5) is 4.34. The summed E-state index contributed by atoms with van der Waals surface area (Å²) >= 11 is 0. The van der Waals surface area contributed by atoms with Gasteiger partial charge in [-0.3, -0.25) is 9.71 Å². The molecule has 0 saturated carbocycles. The minimum Gasteiger partial charge on any atom is -0.497 e. The highest BCUT2D eigenvalue weighted by Gasteiger charge is 2.15. The number of anilines is 1. The molecule has 0 amide bonds. The fourth-order valence-corrected chi connectivity index (χ4v) is 4.32. The topological polar surface area (TPSA) is 68.3 Å². The van der Waals surface area contributed by atoms with E-state index in [0.29, 0.717) is 5.69 Å². The number of hydrogen-bond donors (Lipinski definition) is 1. The lowest BCUT2D eigenvalue weighted by Crippen LogP contribution is -2.20. The summed E-state index contributed by atoms with van der Waals surface area (Å²) in [6, 6.07) is 15.3. The molecule has 0 fully saturated rings. The van der Waals surface area contributed by atoms with Gasteiger partial charge in [0.1, 0.15) is 5.75 Å². The molecular formula is C20H22N2O3S. The monoisotopic (exact) mass is 370 g/mol. The predicted octanol–water partition coefficient (Wildman–Crippen LogP) is 4.31. The molecule has 1 N–H and O–H groups in total. The Morgan fingerprint density at radius 3 is 2.38 bits per heavy atom. The molecule has 0 radical (unpaired) electrons. The summed E-state index contributed by atoms with van der Waals surface area (Å²) < 4.78 is 32.6. The lowest BCUT2D eigenvalue weighted by molar-refractivity contribution is 0.415. The van der Waals surface area contributed by atoms with Crippen LogP contribution in [0.5, 0.6) is 5.75 Å². The van der Waals surface area contributed by atoms with E-state index >= 15 is 0 Å². The molecule has 5 nitrogen and oxygen atoms in total. The van der Waals surface area contributed by atoms with E-state index in [0.717, 1.165) is 27.8 Å². The summed E-state index contributed by atoms with van der Waals surface area (Å²) in [5, 5.41) is 0.771. The number of fused-ring (bicyclic) bond motifs is 1. The van der Waals surface area contributed by atoms with Crippen LogP contribution in [-0.4, -0.2) is 26.3 Å². The van der Waals surface area contributed by atoms with Crippen LogP contribution >= 0.6 is 0 Å². The van der Waals surface area contributed by atoms with Gasteiger partial charge >= 0.3 is 0 Å². The molecule has 0 saturated heterocycles. The van der Waals surface area contributed by atoms with Crippen molar-refractivity contribution in [3.63, 3.8) is 0 Å². The van der Waals surface area contributed by atoms with Crippen LogP contribution in [0.4, 0.5) is 5.69 Å². The Bertz CT molecular complexity index is 1010. The maximum absolute atomic E-state index is 12.3. The van der Waals surface area contributed by atoms with Crippen molar-refractivity contribution in [2.24, 2.45) is 5.92 Å². The average molecular weight is 370 g/mol. The van der Waals surface area contributed by atoms with Gasteiger partial charge in [0.2, 0.25) is 10.0 Å². The van der Waals surface area contributed by atoms with Crippen LogP contribution in [0, 0.1) is 5.92 Å². The van der Waals surface area contributed by atoms with Crippen molar-refractivity contribution in [1.82, 2.24) is 4.98 Å². The SMILES string of the molecule is COc1ccc(-c2ccc3nccc(NS(=O)(=O)CC(C)C)c3c2)cc1. The summed E-state index contributed by atoms with van der Waals surface area (Å²) in [5.74, 6) is 0.920. The molecule has 0 aliphatic heterocycles. The van der Waals surface area contributed by atoms with Crippen molar-refractivity contribution in [1.29, 1.82) is 0 Å². The van der Waals surface area contributed by atoms with Crippen LogP contribution in [0.1, 0.15) is 13.8 Å². The molecule has 3 rings (SSSR count). The molecule has 3 aromatic rings. The van der Waals surface area contributed by atoms with Crippen LogP contribution in [0.25, 0.3) is 22.0 Å². The Kier molecular flexibility index (Phi) is 5.13. The fourth-order valence-electron chi connectivity index (χ4n) is 2.85. The van der Waals surface area contributed by atoms with Gasteiger partial charge in [-0.25, -0.2) is 8.42 Å². The highest BCUT2D eigenvalue weighted by molar-refractivity contribution is 7.92. The normalized spacial score (nSPS) is 11.7. The van der Waals surface area contributed by atoms with Crippen LogP contribution in [0.15, 0.2) is 54.7 Å². The van der Waals surface area contributed by atoms with E-state index in [1.807, 2.05) is 56.3 Å². The lowest BCUT2D eigenvalue weighted by Gasteiger charge is -2.13. The molecule has 2 aromatic carbocycles. The molecule has 0 atom stereocenters. The van der Waals surface area contributed by atoms with Crippen molar-refractivity contribution >= 4 is 26.6 Å². The van der Waals surface area contributed by atoms with Gasteiger partial charge in [-0.1, -0.05) is 32.0 Å². The van der Waals surface area contributed by atoms with Gasteiger partial charge in [0, 0.05) is 11.6 Å². The second kappa shape index (κ2) is 7.33. The lowest BCUT2D eigenvalue weighted by atomic mass is 10.0. The number of hydrogen-bond acceptors (Lipinski definition) is 4. The Morgan fingerprint density at radius 1 is 1.04 bits per heavy atom. The molecule has 0 unspecified atom stereocenters. The maximum atomic E-state index is 12.3. The number of benzene rings is 2. The van der Waals surface area contributed by atoms with Crippen molar-refractivity contribution in [2.45, 2.75) is 13.8 Å². The number of nitrogens with zero attached hydrogens (tertiary/aromatic N) is 1. The number of pyridine rings is 1. The van der Waals surface area contributed by atoms with Gasteiger partial charge in [-0.15, -0.1) is 0 Å². The summed E-state index contributed by atoms with van der Waals surface area (Å²) in [5.41, 5.74) is 3.29. The fraction of sp³-hybridized carbons (Fsp3) is 0.250. The van der Waals surface area contributed by atoms with Gasteiger partial charge in [0.05, 0.1) is 24.1 Å². The minimum absolute atomic E-state index is 0.0514. The van der Waals surface area contributed by atoms with E-state index in [2.05, 4.69) is 9.71 Å². The third kappa shape index (κ3) is 4.14. The van der Waals surface area contributed by atoms with Gasteiger partial charge in [0.25, 0.3) is 0 Å². The van der Waals surface area contributed by atoms with Crippen molar-refractivity contribution in [3.05, 3.63) is 54.7 Å². The second-order valence-electron chi connectivity index (χ2n) is 6.60. The number of nitrogens with one attached hydrogen (secondary N) is 1. The Hall–Kier alpha value is -2.60. The van der Waals surface area contributed by atoms with Crippen molar-refractivity contribution < 1.29 is 13.2 Å². The van der Waals surface area contributed by atoms with Crippen LogP contribution in [0.3, 0.4) is 0 Å². The zero-order chi connectivity index (χ0) is 18.7. The first kappa shape index (κ1) is 18.2. The highest BCUT2D eigenvalue weighted by Crippen LogP contribution is 2.29. The number of methoxy groups -OCH3 is 1. The molecule has 136 valence electrons. The van der Waals surface area contributed by atoms with E-state index in [1.165, 1.54) is 0 Å². The Morgan fingerprint density at radius 2 is 1.73 bits per heavy atom. The standard InChI is InChI=1S/C20H22N2O3S/c1-14(2)13-26(23,24)22-20-10-11-21-19-9-6-16(12-18(19)20)15-4-7-17(25-3)8-5-15/h4-12,14H,13H2,1-3H3,(H,21,22). The zero-order valence-corrected chi connectivity index (χ0v) is 15.9. The first-order chi connectivity index (χ1) is 12.4. The maximum Gasteiger partial charge on any atom is 0.232 e. The third-order valence-corrected chi connectivity index (χ3v) is 5.62. The highest BCUT2D eigenvalue weighted by atomic mass is 32.2. The van der Waals surface area contributed by atoms with Crippen LogP contribution < -0.4 is 9.46 Å². The van der Waals surface area contributed by atoms with Crippen molar-refractivity contribution in [3.8, 4) is 16.9 Å². The summed E-state index contributed by atoms with van der Waals surface area (Å²) in [6.07, 6.45) is 1.61. The molecule has 0 aliphatic rings. The zero-order valence-electron chi connectivity index (χ0n) is 15.1. The molecular weight excluding hydrogens is 348 g/mol. The van der Waals surface area contributed by atoms with E-state index in [9.17, 15) is 8.42 Å². The van der Waals surface area contributed by atoms with Gasteiger partial charge in [-0.05, 0) is 47.4 Å². The van der Waals surface area contributed by atoms with E-state index in [1.54, 1.807) is 19.4 Å². The summed E-state index contributed by atoms with van der Waals surface area (Å²) in [6.45, 7) is 3.76. The number of ether oxygens (including phenoxy) is 1. The molecule has 0 bridgehead atoms. The molecule has 6 heteroatoms. The quantitative estimate of drug-likeness (QED) is 0.702.